The topological polar surface area (TPSA) is 55.6 Å². The van der Waals surface area contributed by atoms with Gasteiger partial charge >= 0.3 is 0 Å². The van der Waals surface area contributed by atoms with Gasteiger partial charge in [0.1, 0.15) is 0 Å². The van der Waals surface area contributed by atoms with Crippen LogP contribution in [0.5, 0.6) is 0 Å². The van der Waals surface area contributed by atoms with Crippen LogP contribution in [0, 0.1) is 6.92 Å². The van der Waals surface area contributed by atoms with E-state index in [0.29, 0.717) is 11.9 Å². The zero-order chi connectivity index (χ0) is 13.2. The van der Waals surface area contributed by atoms with E-state index >= 15 is 0 Å². The molecule has 0 spiro atoms. The van der Waals surface area contributed by atoms with Crippen molar-refractivity contribution in [1.29, 1.82) is 0 Å². The van der Waals surface area contributed by atoms with Gasteiger partial charge in [0.05, 0.1) is 5.69 Å². The van der Waals surface area contributed by atoms with Gasteiger partial charge in [-0.05, 0) is 32.3 Å². The van der Waals surface area contributed by atoms with Crippen molar-refractivity contribution >= 4 is 5.95 Å². The smallest absolute Gasteiger partial charge is 0.224 e. The van der Waals surface area contributed by atoms with Crippen molar-refractivity contribution in [1.82, 2.24) is 19.7 Å². The van der Waals surface area contributed by atoms with Crippen LogP contribution in [-0.4, -0.2) is 26.3 Å². The molecule has 5 nitrogen and oxygen atoms in total. The number of anilines is 1. The van der Waals surface area contributed by atoms with E-state index in [2.05, 4.69) is 33.4 Å². The molecule has 100 valence electrons. The van der Waals surface area contributed by atoms with E-state index in [-0.39, 0.29) is 0 Å². The number of aryl methyl sites for hydroxylation is 1. The van der Waals surface area contributed by atoms with Gasteiger partial charge in [-0.25, -0.2) is 9.67 Å². The van der Waals surface area contributed by atoms with E-state index in [0.717, 1.165) is 24.5 Å². The van der Waals surface area contributed by atoms with Gasteiger partial charge in [-0.1, -0.05) is 6.92 Å². The van der Waals surface area contributed by atoms with E-state index in [1.165, 1.54) is 18.5 Å². The molecule has 1 fully saturated rings. The molecule has 0 aliphatic heterocycles. The molecule has 19 heavy (non-hydrogen) atoms. The Morgan fingerprint density at radius 3 is 2.95 bits per heavy atom. The Morgan fingerprint density at radius 1 is 1.37 bits per heavy atom. The summed E-state index contributed by atoms with van der Waals surface area (Å²) in [6.07, 6.45) is 5.57. The van der Waals surface area contributed by atoms with Gasteiger partial charge < -0.3 is 5.32 Å². The SMILES string of the molecule is CCCNc1nc(C)cc(-n2ccc(C3CC3)n2)n1. The van der Waals surface area contributed by atoms with Gasteiger partial charge in [0.15, 0.2) is 5.82 Å². The Labute approximate surface area is 113 Å². The predicted octanol–water partition coefficient (Wildman–Crippen LogP) is 2.67. The maximum atomic E-state index is 4.60. The Kier molecular flexibility index (Phi) is 3.19. The zero-order valence-electron chi connectivity index (χ0n) is 11.4. The van der Waals surface area contributed by atoms with Gasteiger partial charge in [-0.3, -0.25) is 0 Å². The first-order chi connectivity index (χ1) is 9.26. The van der Waals surface area contributed by atoms with Crippen molar-refractivity contribution < 1.29 is 0 Å². The Hall–Kier alpha value is -1.91. The van der Waals surface area contributed by atoms with E-state index < -0.39 is 0 Å². The van der Waals surface area contributed by atoms with Crippen molar-refractivity contribution in [3.63, 3.8) is 0 Å². The molecule has 1 N–H and O–H groups in total. The third kappa shape index (κ3) is 2.75. The molecule has 0 aromatic carbocycles. The molecule has 0 unspecified atom stereocenters. The fraction of sp³-hybridized carbons (Fsp3) is 0.500. The first-order valence-corrected chi connectivity index (χ1v) is 6.92. The van der Waals surface area contributed by atoms with E-state index in [1.54, 1.807) is 0 Å². The number of aromatic nitrogens is 4. The molecule has 0 amide bonds. The third-order valence-electron chi connectivity index (χ3n) is 3.21. The molecule has 2 aromatic rings. The number of nitrogens with one attached hydrogen (secondary N) is 1. The summed E-state index contributed by atoms with van der Waals surface area (Å²) in [6.45, 7) is 4.99. The molecule has 0 bridgehead atoms. The molecular weight excluding hydrogens is 238 g/mol. The number of hydrogen-bond acceptors (Lipinski definition) is 4. The van der Waals surface area contributed by atoms with Crippen LogP contribution in [0.3, 0.4) is 0 Å². The van der Waals surface area contributed by atoms with Crippen LogP contribution in [0.15, 0.2) is 18.3 Å². The number of nitrogens with zero attached hydrogens (tertiary/aromatic N) is 4. The molecule has 0 atom stereocenters. The van der Waals surface area contributed by atoms with Crippen molar-refractivity contribution in [3.8, 4) is 5.82 Å². The zero-order valence-corrected chi connectivity index (χ0v) is 11.4. The van der Waals surface area contributed by atoms with Crippen LogP contribution in [0.4, 0.5) is 5.95 Å². The molecule has 3 rings (SSSR count). The van der Waals surface area contributed by atoms with Crippen molar-refractivity contribution in [2.24, 2.45) is 0 Å². The molecule has 1 saturated carbocycles. The highest BCUT2D eigenvalue weighted by atomic mass is 15.3. The Morgan fingerprint density at radius 2 is 2.21 bits per heavy atom. The highest BCUT2D eigenvalue weighted by molar-refractivity contribution is 5.34. The predicted molar refractivity (Wildman–Crippen MR) is 74.6 cm³/mol. The fourth-order valence-corrected chi connectivity index (χ4v) is 2.05. The minimum absolute atomic E-state index is 0.668. The summed E-state index contributed by atoms with van der Waals surface area (Å²) in [5, 5.41) is 7.83. The Bertz CT molecular complexity index is 571. The number of rotatable bonds is 5. The van der Waals surface area contributed by atoms with Crippen LogP contribution in [-0.2, 0) is 0 Å². The van der Waals surface area contributed by atoms with E-state index in [4.69, 9.17) is 0 Å². The normalized spacial score (nSPS) is 14.6. The summed E-state index contributed by atoms with van der Waals surface area (Å²) < 4.78 is 1.85. The Balaban J connectivity index is 1.87. The lowest BCUT2D eigenvalue weighted by molar-refractivity contribution is 0.803. The second-order valence-corrected chi connectivity index (χ2v) is 5.08. The molecule has 2 aromatic heterocycles. The van der Waals surface area contributed by atoms with Crippen LogP contribution >= 0.6 is 0 Å². The van der Waals surface area contributed by atoms with Gasteiger partial charge in [0.25, 0.3) is 0 Å². The van der Waals surface area contributed by atoms with E-state index in [1.807, 2.05) is 23.9 Å². The van der Waals surface area contributed by atoms with Crippen LogP contribution in [0.25, 0.3) is 5.82 Å². The lowest BCUT2D eigenvalue weighted by Gasteiger charge is -2.07. The second-order valence-electron chi connectivity index (χ2n) is 5.08. The average molecular weight is 257 g/mol. The lowest BCUT2D eigenvalue weighted by atomic mass is 10.3. The highest BCUT2D eigenvalue weighted by Crippen LogP contribution is 2.38. The van der Waals surface area contributed by atoms with Gasteiger partial charge in [0.2, 0.25) is 5.95 Å². The van der Waals surface area contributed by atoms with Crippen molar-refractivity contribution in [3.05, 3.63) is 29.7 Å². The minimum Gasteiger partial charge on any atom is -0.354 e. The summed E-state index contributed by atoms with van der Waals surface area (Å²) in [7, 11) is 0. The second kappa shape index (κ2) is 4.99. The number of hydrogen-bond donors (Lipinski definition) is 1. The maximum absolute atomic E-state index is 4.60. The summed E-state index contributed by atoms with van der Waals surface area (Å²) in [4.78, 5) is 8.90. The molecule has 5 heteroatoms. The molecule has 0 radical (unpaired) electrons. The van der Waals surface area contributed by atoms with Crippen molar-refractivity contribution in [2.75, 3.05) is 11.9 Å². The van der Waals surface area contributed by atoms with Crippen LogP contribution < -0.4 is 5.32 Å². The lowest BCUT2D eigenvalue weighted by Crippen LogP contribution is -2.08. The monoisotopic (exact) mass is 257 g/mol. The van der Waals surface area contributed by atoms with Gasteiger partial charge in [0, 0.05) is 30.4 Å². The van der Waals surface area contributed by atoms with Crippen LogP contribution in [0.2, 0.25) is 0 Å². The quantitative estimate of drug-likeness (QED) is 0.894. The first kappa shape index (κ1) is 12.1. The van der Waals surface area contributed by atoms with Gasteiger partial charge in [-0.2, -0.15) is 10.1 Å². The average Bonchev–Trinajstić information content (AvgIpc) is 3.13. The molecule has 0 saturated heterocycles. The summed E-state index contributed by atoms with van der Waals surface area (Å²) in [5.41, 5.74) is 2.13. The van der Waals surface area contributed by atoms with Crippen LogP contribution in [0.1, 0.15) is 43.5 Å². The van der Waals surface area contributed by atoms with Gasteiger partial charge in [-0.15, -0.1) is 0 Å². The molecule has 1 aliphatic carbocycles. The third-order valence-corrected chi connectivity index (χ3v) is 3.21. The largest absolute Gasteiger partial charge is 0.354 e. The minimum atomic E-state index is 0.668. The summed E-state index contributed by atoms with van der Waals surface area (Å²) >= 11 is 0. The molecular formula is C14H19N5. The fourth-order valence-electron chi connectivity index (χ4n) is 2.05. The standard InChI is InChI=1S/C14H19N5/c1-3-7-15-14-16-10(2)9-13(17-14)19-8-6-12(18-19)11-4-5-11/h6,8-9,11H,3-5,7H2,1-2H3,(H,15,16,17). The molecule has 1 aliphatic rings. The maximum Gasteiger partial charge on any atom is 0.224 e. The summed E-state index contributed by atoms with van der Waals surface area (Å²) in [6, 6.07) is 4.05. The van der Waals surface area contributed by atoms with Crippen molar-refractivity contribution in [2.45, 2.75) is 39.0 Å². The van der Waals surface area contributed by atoms with E-state index in [9.17, 15) is 0 Å². The molecule has 2 heterocycles. The highest BCUT2D eigenvalue weighted by Gasteiger charge is 2.26. The summed E-state index contributed by atoms with van der Waals surface area (Å²) in [5.74, 6) is 2.18. The first-order valence-electron chi connectivity index (χ1n) is 6.92.